The van der Waals surface area contributed by atoms with E-state index in [2.05, 4.69) is 20.9 Å². The van der Waals surface area contributed by atoms with Gasteiger partial charge in [0.05, 0.1) is 10.2 Å². The zero-order valence-corrected chi connectivity index (χ0v) is 13.1. The number of carbonyl (C=O) groups excluding carboxylic acids is 1. The van der Waals surface area contributed by atoms with E-state index < -0.39 is 5.91 Å². The van der Waals surface area contributed by atoms with Gasteiger partial charge in [0.1, 0.15) is 17.1 Å². The number of nitrogens with two attached hydrogens (primary N) is 1. The molecule has 1 aromatic carbocycles. The van der Waals surface area contributed by atoms with E-state index >= 15 is 0 Å². The first-order valence-electron chi connectivity index (χ1n) is 6.10. The van der Waals surface area contributed by atoms with Gasteiger partial charge < -0.3 is 10.5 Å². The largest absolute Gasteiger partial charge is 0.455 e. The molecular weight excluding hydrogens is 320 g/mol. The maximum atomic E-state index is 11.6. The molecule has 5 heteroatoms. The lowest BCUT2D eigenvalue weighted by Crippen LogP contribution is -2.15. The molecule has 4 nitrogen and oxygen atoms in total. The van der Waals surface area contributed by atoms with E-state index in [1.807, 2.05) is 32.0 Å². The van der Waals surface area contributed by atoms with Crippen molar-refractivity contribution in [3.8, 4) is 11.5 Å². The first-order chi connectivity index (χ1) is 9.38. The highest BCUT2D eigenvalue weighted by Gasteiger charge is 2.16. The van der Waals surface area contributed by atoms with E-state index in [4.69, 9.17) is 10.5 Å². The van der Waals surface area contributed by atoms with Crippen molar-refractivity contribution in [3.05, 3.63) is 51.3 Å². The van der Waals surface area contributed by atoms with Crippen molar-refractivity contribution >= 4 is 21.8 Å². The molecule has 0 aliphatic rings. The predicted molar refractivity (Wildman–Crippen MR) is 81.2 cm³/mol. The number of aromatic nitrogens is 1. The summed E-state index contributed by atoms with van der Waals surface area (Å²) in [5.74, 6) is 0.503. The zero-order chi connectivity index (χ0) is 14.9. The lowest BCUT2D eigenvalue weighted by molar-refractivity contribution is 0.0997. The number of hydrogen-bond donors (Lipinski definition) is 1. The molecule has 2 N–H and O–H groups in total. The Bertz CT molecular complexity index is 684. The number of nitrogens with zero attached hydrogens (tertiary/aromatic N) is 1. The molecule has 1 amide bonds. The normalized spacial score (nSPS) is 10.4. The fourth-order valence-electron chi connectivity index (χ4n) is 1.98. The van der Waals surface area contributed by atoms with Gasteiger partial charge in [0.15, 0.2) is 0 Å². The van der Waals surface area contributed by atoms with Gasteiger partial charge in [-0.3, -0.25) is 9.78 Å². The van der Waals surface area contributed by atoms with Gasteiger partial charge in [-0.15, -0.1) is 0 Å². The fraction of sp³-hybridized carbons (Fsp3) is 0.200. The van der Waals surface area contributed by atoms with E-state index in [9.17, 15) is 4.79 Å². The molecule has 0 aliphatic heterocycles. The van der Waals surface area contributed by atoms with Crippen LogP contribution in [0.15, 0.2) is 28.7 Å². The summed E-state index contributed by atoms with van der Waals surface area (Å²) < 4.78 is 6.65. The number of halogens is 1. The highest BCUT2D eigenvalue weighted by molar-refractivity contribution is 9.10. The summed E-state index contributed by atoms with van der Waals surface area (Å²) in [6.07, 6.45) is 0. The number of rotatable bonds is 3. The van der Waals surface area contributed by atoms with Crippen molar-refractivity contribution in [1.29, 1.82) is 0 Å². The van der Waals surface area contributed by atoms with Crippen LogP contribution in [0.5, 0.6) is 11.5 Å². The Morgan fingerprint density at radius 2 is 1.90 bits per heavy atom. The minimum atomic E-state index is -0.548. The van der Waals surface area contributed by atoms with E-state index in [-0.39, 0.29) is 0 Å². The van der Waals surface area contributed by atoms with Gasteiger partial charge in [0.25, 0.3) is 5.91 Å². The summed E-state index contributed by atoms with van der Waals surface area (Å²) in [7, 11) is 0. The van der Waals surface area contributed by atoms with Crippen molar-refractivity contribution in [1.82, 2.24) is 4.98 Å². The Balaban J connectivity index is 2.50. The average Bonchev–Trinajstić information content (AvgIpc) is 2.31. The van der Waals surface area contributed by atoms with Crippen LogP contribution in [0.3, 0.4) is 0 Å². The number of benzene rings is 1. The number of primary amides is 1. The minimum absolute atomic E-state index is 0.308. The number of pyridine rings is 1. The second kappa shape index (κ2) is 5.63. The van der Waals surface area contributed by atoms with Crippen LogP contribution >= 0.6 is 15.9 Å². The van der Waals surface area contributed by atoms with Crippen LogP contribution < -0.4 is 10.5 Å². The molecule has 0 fully saturated rings. The van der Waals surface area contributed by atoms with Crippen molar-refractivity contribution < 1.29 is 9.53 Å². The third-order valence-electron chi connectivity index (χ3n) is 2.85. The van der Waals surface area contributed by atoms with Gasteiger partial charge >= 0.3 is 0 Å². The third kappa shape index (κ3) is 2.99. The third-order valence-corrected chi connectivity index (χ3v) is 3.47. The molecule has 0 bridgehead atoms. The number of carbonyl (C=O) groups is 1. The Morgan fingerprint density at radius 1 is 1.20 bits per heavy atom. The van der Waals surface area contributed by atoms with Gasteiger partial charge in [-0.2, -0.15) is 0 Å². The molecule has 104 valence electrons. The first kappa shape index (κ1) is 14.5. The summed E-state index contributed by atoms with van der Waals surface area (Å²) in [6, 6.07) is 7.43. The standard InChI is InChI=1S/C15H15BrN2O2/c1-8-4-5-12(11(16)6-8)20-13-7-9(2)18-10(3)14(13)15(17)19/h4-7H,1-3H3,(H2,17,19). The van der Waals surface area contributed by atoms with Gasteiger partial charge in [-0.1, -0.05) is 6.07 Å². The van der Waals surface area contributed by atoms with Gasteiger partial charge in [0, 0.05) is 11.8 Å². The van der Waals surface area contributed by atoms with Crippen molar-refractivity contribution in [3.63, 3.8) is 0 Å². The molecule has 2 aromatic rings. The van der Waals surface area contributed by atoms with Crippen molar-refractivity contribution in [2.45, 2.75) is 20.8 Å². The summed E-state index contributed by atoms with van der Waals surface area (Å²) in [4.78, 5) is 15.8. The molecule has 0 atom stereocenters. The van der Waals surface area contributed by atoms with Crippen LogP contribution in [-0.4, -0.2) is 10.9 Å². The predicted octanol–water partition coefficient (Wildman–Crippen LogP) is 3.66. The van der Waals surface area contributed by atoms with Crippen molar-refractivity contribution in [2.75, 3.05) is 0 Å². The summed E-state index contributed by atoms with van der Waals surface area (Å²) in [5.41, 5.74) is 8.17. The van der Waals surface area contributed by atoms with E-state index in [1.165, 1.54) is 0 Å². The molecule has 0 aliphatic carbocycles. The average molecular weight is 335 g/mol. The van der Waals surface area contributed by atoms with Crippen LogP contribution in [0.4, 0.5) is 0 Å². The van der Waals surface area contributed by atoms with Gasteiger partial charge in [0.2, 0.25) is 0 Å². The quantitative estimate of drug-likeness (QED) is 0.931. The second-order valence-electron chi connectivity index (χ2n) is 4.62. The maximum absolute atomic E-state index is 11.6. The van der Waals surface area contributed by atoms with Crippen LogP contribution in [-0.2, 0) is 0 Å². The number of amides is 1. The molecule has 0 saturated carbocycles. The Kier molecular flexibility index (Phi) is 4.09. The highest BCUT2D eigenvalue weighted by atomic mass is 79.9. The smallest absolute Gasteiger partial charge is 0.254 e. The molecular formula is C15H15BrN2O2. The number of hydrogen-bond acceptors (Lipinski definition) is 3. The molecule has 0 radical (unpaired) electrons. The second-order valence-corrected chi connectivity index (χ2v) is 5.48. The zero-order valence-electron chi connectivity index (χ0n) is 11.5. The fourth-order valence-corrected chi connectivity index (χ4v) is 2.55. The molecule has 2 rings (SSSR count). The minimum Gasteiger partial charge on any atom is -0.455 e. The Labute approximate surface area is 126 Å². The summed E-state index contributed by atoms with van der Waals surface area (Å²) in [5, 5.41) is 0. The molecule has 0 spiro atoms. The summed E-state index contributed by atoms with van der Waals surface area (Å²) >= 11 is 3.45. The Hall–Kier alpha value is -1.88. The Morgan fingerprint density at radius 3 is 2.50 bits per heavy atom. The lowest BCUT2D eigenvalue weighted by Gasteiger charge is -2.13. The number of ether oxygens (including phenoxy) is 1. The lowest BCUT2D eigenvalue weighted by atomic mass is 10.1. The van der Waals surface area contributed by atoms with E-state index in [0.29, 0.717) is 22.8 Å². The molecule has 1 aromatic heterocycles. The first-order valence-corrected chi connectivity index (χ1v) is 6.90. The SMILES string of the molecule is Cc1ccc(Oc2cc(C)nc(C)c2C(N)=O)c(Br)c1. The van der Waals surface area contributed by atoms with E-state index in [0.717, 1.165) is 15.7 Å². The van der Waals surface area contributed by atoms with Crippen LogP contribution in [0, 0.1) is 20.8 Å². The van der Waals surface area contributed by atoms with Crippen molar-refractivity contribution in [2.24, 2.45) is 5.73 Å². The highest BCUT2D eigenvalue weighted by Crippen LogP contribution is 2.33. The van der Waals surface area contributed by atoms with Crippen LogP contribution in [0.25, 0.3) is 0 Å². The van der Waals surface area contributed by atoms with Gasteiger partial charge in [-0.25, -0.2) is 0 Å². The molecule has 20 heavy (non-hydrogen) atoms. The molecule has 0 saturated heterocycles. The molecule has 0 unspecified atom stereocenters. The van der Waals surface area contributed by atoms with Gasteiger partial charge in [-0.05, 0) is 54.4 Å². The van der Waals surface area contributed by atoms with Crippen LogP contribution in [0.2, 0.25) is 0 Å². The van der Waals surface area contributed by atoms with E-state index in [1.54, 1.807) is 13.0 Å². The molecule has 1 heterocycles. The van der Waals surface area contributed by atoms with Crippen LogP contribution in [0.1, 0.15) is 27.3 Å². The monoisotopic (exact) mass is 334 g/mol. The number of aryl methyl sites for hydroxylation is 3. The maximum Gasteiger partial charge on any atom is 0.254 e. The summed E-state index contributed by atoms with van der Waals surface area (Å²) in [6.45, 7) is 5.57. The topological polar surface area (TPSA) is 65.2 Å².